The van der Waals surface area contributed by atoms with Gasteiger partial charge < -0.3 is 9.30 Å². The van der Waals surface area contributed by atoms with Gasteiger partial charge in [0.25, 0.3) is 11.8 Å². The first-order valence-corrected chi connectivity index (χ1v) is 9.99. The normalized spacial score (nSPS) is 15.5. The highest BCUT2D eigenvalue weighted by Crippen LogP contribution is 2.27. The maximum absolute atomic E-state index is 13.2. The van der Waals surface area contributed by atoms with E-state index in [1.165, 1.54) is 18.1 Å². The largest absolute Gasteiger partial charge is 0.468 e. The van der Waals surface area contributed by atoms with Crippen LogP contribution in [0.15, 0.2) is 60.3 Å². The van der Waals surface area contributed by atoms with Crippen molar-refractivity contribution < 1.29 is 19.1 Å². The van der Waals surface area contributed by atoms with Gasteiger partial charge in [0.05, 0.1) is 12.8 Å². The number of nitrogens with one attached hydrogen (secondary N) is 1. The lowest BCUT2D eigenvalue weighted by Crippen LogP contribution is -2.54. The van der Waals surface area contributed by atoms with Crippen molar-refractivity contribution in [1.29, 1.82) is 0 Å². The number of hydrogen-bond donors (Lipinski definition) is 1. The van der Waals surface area contributed by atoms with Gasteiger partial charge in [-0.15, -0.1) is 0 Å². The number of methoxy groups -OCH3 is 1. The molecule has 3 aromatic rings. The fourth-order valence-corrected chi connectivity index (χ4v) is 3.85. The van der Waals surface area contributed by atoms with E-state index in [2.05, 4.69) is 5.32 Å². The van der Waals surface area contributed by atoms with Crippen LogP contribution in [0.3, 0.4) is 0 Å². The van der Waals surface area contributed by atoms with E-state index in [4.69, 9.17) is 28.6 Å². The van der Waals surface area contributed by atoms with E-state index >= 15 is 0 Å². The van der Waals surface area contributed by atoms with E-state index in [0.29, 0.717) is 16.3 Å². The molecule has 156 valence electrons. The summed E-state index contributed by atoms with van der Waals surface area (Å²) in [7, 11) is 1.31. The van der Waals surface area contributed by atoms with E-state index in [9.17, 15) is 14.4 Å². The van der Waals surface area contributed by atoms with Crippen molar-refractivity contribution in [2.45, 2.75) is 6.54 Å². The quantitative estimate of drug-likeness (QED) is 0.284. The molecule has 0 bridgehead atoms. The van der Waals surface area contributed by atoms with Gasteiger partial charge in [0.1, 0.15) is 12.1 Å². The molecule has 31 heavy (non-hydrogen) atoms. The Hall–Kier alpha value is -3.49. The lowest BCUT2D eigenvalue weighted by atomic mass is 10.1. The molecule has 2 aromatic carbocycles. The lowest BCUT2D eigenvalue weighted by molar-refractivity contribution is -0.141. The number of esters is 1. The molecule has 1 saturated heterocycles. The van der Waals surface area contributed by atoms with Crippen LogP contribution in [0.2, 0.25) is 5.02 Å². The van der Waals surface area contributed by atoms with Crippen molar-refractivity contribution in [3.05, 3.63) is 70.9 Å². The Morgan fingerprint density at radius 3 is 2.71 bits per heavy atom. The third-order valence-corrected chi connectivity index (χ3v) is 5.33. The molecule has 0 aliphatic carbocycles. The van der Waals surface area contributed by atoms with Crippen LogP contribution in [0.25, 0.3) is 17.0 Å². The van der Waals surface area contributed by atoms with Crippen molar-refractivity contribution in [2.24, 2.45) is 0 Å². The molecule has 1 aromatic heterocycles. The van der Waals surface area contributed by atoms with E-state index in [1.54, 1.807) is 35.0 Å². The number of carbonyl (C=O) groups excluding carboxylic acids is 3. The number of ether oxygens (including phenoxy) is 1. The average Bonchev–Trinajstić information content (AvgIpc) is 3.08. The minimum Gasteiger partial charge on any atom is -0.468 e. The molecule has 0 atom stereocenters. The summed E-state index contributed by atoms with van der Waals surface area (Å²) in [6, 6.07) is 14.0. The van der Waals surface area contributed by atoms with Crippen molar-refractivity contribution in [3.63, 3.8) is 0 Å². The number of hydrogen-bond acceptors (Lipinski definition) is 5. The maximum atomic E-state index is 13.2. The third-order valence-electron chi connectivity index (χ3n) is 4.81. The SMILES string of the molecule is COC(=O)Cn1cc(/C=C2/C(=O)NC(=S)N(c3cccc(Cl)c3)C2=O)c2ccccc21. The Morgan fingerprint density at radius 1 is 1.19 bits per heavy atom. The van der Waals surface area contributed by atoms with Crippen LogP contribution in [0.1, 0.15) is 5.56 Å². The molecule has 1 aliphatic heterocycles. The molecule has 2 heterocycles. The Labute approximate surface area is 187 Å². The number of aromatic nitrogens is 1. The number of amides is 2. The first-order chi connectivity index (χ1) is 14.9. The summed E-state index contributed by atoms with van der Waals surface area (Å²) in [5.41, 5.74) is 1.73. The lowest BCUT2D eigenvalue weighted by Gasteiger charge is -2.29. The summed E-state index contributed by atoms with van der Waals surface area (Å²) in [5.74, 6) is -1.58. The van der Waals surface area contributed by atoms with Crippen LogP contribution in [-0.2, 0) is 25.7 Å². The Balaban J connectivity index is 1.79. The molecule has 4 rings (SSSR count). The third kappa shape index (κ3) is 3.95. The standard InChI is InChI=1S/C22H16ClN3O4S/c1-30-19(27)12-25-11-13(16-7-2-3-8-18(16)25)9-17-20(28)24-22(31)26(21(17)29)15-6-4-5-14(23)10-15/h2-11H,12H2,1H3,(H,24,28,31)/b17-9-. The van der Waals surface area contributed by atoms with Crippen LogP contribution in [0.5, 0.6) is 0 Å². The number of carbonyl (C=O) groups is 3. The number of para-hydroxylation sites is 1. The topological polar surface area (TPSA) is 80.6 Å². The number of halogens is 1. The summed E-state index contributed by atoms with van der Waals surface area (Å²) in [6.07, 6.45) is 3.19. The minimum atomic E-state index is -0.599. The summed E-state index contributed by atoms with van der Waals surface area (Å²) < 4.78 is 6.46. The van der Waals surface area contributed by atoms with Crippen molar-refractivity contribution in [3.8, 4) is 0 Å². The van der Waals surface area contributed by atoms with Gasteiger partial charge in [-0.1, -0.05) is 35.9 Å². The van der Waals surface area contributed by atoms with Crippen molar-refractivity contribution >= 4 is 69.4 Å². The van der Waals surface area contributed by atoms with E-state index < -0.39 is 17.8 Å². The van der Waals surface area contributed by atoms with Gasteiger partial charge in [-0.2, -0.15) is 0 Å². The zero-order valence-corrected chi connectivity index (χ0v) is 17.9. The first kappa shape index (κ1) is 20.8. The second kappa shape index (κ2) is 8.33. The number of benzene rings is 2. The first-order valence-electron chi connectivity index (χ1n) is 9.21. The molecule has 1 fully saturated rings. The van der Waals surface area contributed by atoms with Crippen LogP contribution < -0.4 is 10.2 Å². The maximum Gasteiger partial charge on any atom is 0.325 e. The van der Waals surface area contributed by atoms with E-state index in [1.807, 2.05) is 24.3 Å². The molecule has 0 radical (unpaired) electrons. The summed E-state index contributed by atoms with van der Waals surface area (Å²) in [5, 5.41) is 3.74. The minimum absolute atomic E-state index is 0.000938. The fourth-order valence-electron chi connectivity index (χ4n) is 3.39. The second-order valence-corrected chi connectivity index (χ2v) is 7.57. The van der Waals surface area contributed by atoms with Gasteiger partial charge in [0.15, 0.2) is 5.11 Å². The number of fused-ring (bicyclic) bond motifs is 1. The number of anilines is 1. The van der Waals surface area contributed by atoms with Gasteiger partial charge in [0, 0.05) is 27.7 Å². The molecule has 7 nitrogen and oxygen atoms in total. The second-order valence-electron chi connectivity index (χ2n) is 6.74. The van der Waals surface area contributed by atoms with Crippen LogP contribution >= 0.6 is 23.8 Å². The molecular formula is C22H16ClN3O4S. The Bertz CT molecular complexity index is 1280. The highest BCUT2D eigenvalue weighted by Gasteiger charge is 2.34. The molecule has 0 unspecified atom stereocenters. The Morgan fingerprint density at radius 2 is 1.97 bits per heavy atom. The van der Waals surface area contributed by atoms with Gasteiger partial charge in [-0.3, -0.25) is 24.6 Å². The monoisotopic (exact) mass is 453 g/mol. The van der Waals surface area contributed by atoms with E-state index in [0.717, 1.165) is 10.9 Å². The molecule has 0 saturated carbocycles. The molecular weight excluding hydrogens is 438 g/mol. The van der Waals surface area contributed by atoms with Crippen molar-refractivity contribution in [2.75, 3.05) is 12.0 Å². The molecule has 9 heteroatoms. The van der Waals surface area contributed by atoms with Gasteiger partial charge >= 0.3 is 5.97 Å². The van der Waals surface area contributed by atoms with Gasteiger partial charge in [-0.05, 0) is 42.6 Å². The molecule has 2 amide bonds. The average molecular weight is 454 g/mol. The molecule has 1 N–H and O–H groups in total. The van der Waals surface area contributed by atoms with Gasteiger partial charge in [-0.25, -0.2) is 0 Å². The number of rotatable bonds is 4. The summed E-state index contributed by atoms with van der Waals surface area (Å²) in [6.45, 7) is -0.000938. The fraction of sp³-hybridized carbons (Fsp3) is 0.0909. The highest BCUT2D eigenvalue weighted by atomic mass is 35.5. The van der Waals surface area contributed by atoms with E-state index in [-0.39, 0.29) is 17.2 Å². The van der Waals surface area contributed by atoms with Crippen molar-refractivity contribution in [1.82, 2.24) is 9.88 Å². The molecule has 1 aliphatic rings. The number of thiocarbonyl (C=S) groups is 1. The van der Waals surface area contributed by atoms with Crippen LogP contribution in [0.4, 0.5) is 5.69 Å². The highest BCUT2D eigenvalue weighted by molar-refractivity contribution is 7.80. The van der Waals surface area contributed by atoms with Crippen LogP contribution in [-0.4, -0.2) is 34.6 Å². The predicted molar refractivity (Wildman–Crippen MR) is 122 cm³/mol. The zero-order chi connectivity index (χ0) is 22.1. The summed E-state index contributed by atoms with van der Waals surface area (Å²) >= 11 is 11.3. The van der Waals surface area contributed by atoms with Gasteiger partial charge in [0.2, 0.25) is 0 Å². The number of nitrogens with zero attached hydrogens (tertiary/aromatic N) is 2. The van der Waals surface area contributed by atoms with Crippen LogP contribution in [0, 0.1) is 0 Å². The smallest absolute Gasteiger partial charge is 0.325 e. The Kier molecular flexibility index (Phi) is 5.58. The molecule has 0 spiro atoms. The summed E-state index contributed by atoms with van der Waals surface area (Å²) in [4.78, 5) is 38.8. The zero-order valence-electron chi connectivity index (χ0n) is 16.3. The predicted octanol–water partition coefficient (Wildman–Crippen LogP) is 3.30.